The van der Waals surface area contributed by atoms with Crippen molar-refractivity contribution in [3.8, 4) is 0 Å². The molecule has 3 nitrogen and oxygen atoms in total. The van der Waals surface area contributed by atoms with E-state index in [1.807, 2.05) is 24.3 Å². The summed E-state index contributed by atoms with van der Waals surface area (Å²) in [6.45, 7) is 9.63. The summed E-state index contributed by atoms with van der Waals surface area (Å²) in [6.07, 6.45) is 0. The second-order valence-corrected chi connectivity index (χ2v) is 7.25. The first-order valence-corrected chi connectivity index (χ1v) is 8.46. The van der Waals surface area contributed by atoms with Gasteiger partial charge in [0.1, 0.15) is 0 Å². The Bertz CT molecular complexity index is 666. The summed E-state index contributed by atoms with van der Waals surface area (Å²) in [5, 5.41) is 6.17. The first-order valence-electron chi connectivity index (χ1n) is 8.46. The number of carbonyl (C=O) groups excluding carboxylic acids is 1. The molecule has 0 aliphatic rings. The van der Waals surface area contributed by atoms with Crippen molar-refractivity contribution in [3.05, 3.63) is 70.8 Å². The average molecular weight is 324 g/mol. The molecule has 0 aliphatic heterocycles. The minimum atomic E-state index is -0.0539. The smallest absolute Gasteiger partial charge is 0.251 e. The minimum Gasteiger partial charge on any atom is -0.355 e. The van der Waals surface area contributed by atoms with Gasteiger partial charge in [0, 0.05) is 25.2 Å². The molecule has 0 heterocycles. The fourth-order valence-electron chi connectivity index (χ4n) is 2.58. The third kappa shape index (κ3) is 4.68. The largest absolute Gasteiger partial charge is 0.355 e. The lowest BCUT2D eigenvalue weighted by atomic mass is 9.86. The zero-order chi connectivity index (χ0) is 17.7. The summed E-state index contributed by atoms with van der Waals surface area (Å²) in [7, 11) is 1.64. The summed E-state index contributed by atoms with van der Waals surface area (Å²) in [6, 6.07) is 16.8. The summed E-state index contributed by atoms with van der Waals surface area (Å²) < 4.78 is 0. The molecule has 1 atom stereocenters. The van der Waals surface area contributed by atoms with Crippen molar-refractivity contribution in [2.24, 2.45) is 0 Å². The van der Waals surface area contributed by atoms with Crippen LogP contribution in [0.4, 0.5) is 0 Å². The highest BCUT2D eigenvalue weighted by molar-refractivity contribution is 5.93. The molecule has 0 aliphatic carbocycles. The number of nitrogens with one attached hydrogen (secondary N) is 2. The van der Waals surface area contributed by atoms with E-state index >= 15 is 0 Å². The van der Waals surface area contributed by atoms with Crippen LogP contribution in [-0.2, 0) is 12.0 Å². The number of benzene rings is 2. The maximum Gasteiger partial charge on any atom is 0.251 e. The van der Waals surface area contributed by atoms with Gasteiger partial charge in [-0.1, -0.05) is 57.2 Å². The monoisotopic (exact) mass is 324 g/mol. The van der Waals surface area contributed by atoms with Crippen LogP contribution in [-0.4, -0.2) is 13.0 Å². The van der Waals surface area contributed by atoms with Crippen LogP contribution in [0.5, 0.6) is 0 Å². The molecule has 1 unspecified atom stereocenters. The van der Waals surface area contributed by atoms with E-state index in [-0.39, 0.29) is 17.4 Å². The Morgan fingerprint density at radius 1 is 1.00 bits per heavy atom. The van der Waals surface area contributed by atoms with Crippen LogP contribution in [0.25, 0.3) is 0 Å². The molecule has 2 aromatic rings. The summed E-state index contributed by atoms with van der Waals surface area (Å²) in [4.78, 5) is 11.5. The number of amides is 1. The van der Waals surface area contributed by atoms with Gasteiger partial charge in [0.15, 0.2) is 0 Å². The zero-order valence-electron chi connectivity index (χ0n) is 15.3. The molecule has 3 heteroatoms. The van der Waals surface area contributed by atoms with Crippen molar-refractivity contribution in [1.82, 2.24) is 10.6 Å². The second kappa shape index (κ2) is 7.63. The number of carbonyl (C=O) groups is 1. The maximum atomic E-state index is 11.5. The molecule has 1 amide bonds. The quantitative estimate of drug-likeness (QED) is 0.865. The van der Waals surface area contributed by atoms with Crippen molar-refractivity contribution in [2.75, 3.05) is 7.05 Å². The van der Waals surface area contributed by atoms with E-state index in [1.165, 1.54) is 16.7 Å². The fourth-order valence-corrected chi connectivity index (χ4v) is 2.58. The van der Waals surface area contributed by atoms with Gasteiger partial charge in [-0.05, 0) is 41.2 Å². The summed E-state index contributed by atoms with van der Waals surface area (Å²) in [5.74, 6) is -0.0539. The van der Waals surface area contributed by atoms with E-state index in [0.717, 1.165) is 6.54 Å². The Morgan fingerprint density at radius 2 is 1.58 bits per heavy atom. The lowest BCUT2D eigenvalue weighted by Crippen LogP contribution is -2.19. The first-order chi connectivity index (χ1) is 11.3. The predicted octanol–water partition coefficient (Wildman–Crippen LogP) is 4.19. The third-order valence-electron chi connectivity index (χ3n) is 4.33. The van der Waals surface area contributed by atoms with Crippen LogP contribution < -0.4 is 10.6 Å². The summed E-state index contributed by atoms with van der Waals surface area (Å²) in [5.41, 5.74) is 4.67. The van der Waals surface area contributed by atoms with Gasteiger partial charge in [0.05, 0.1) is 0 Å². The third-order valence-corrected chi connectivity index (χ3v) is 4.33. The topological polar surface area (TPSA) is 41.1 Å². The standard InChI is InChI=1S/C21H28N2O/c1-15(17-10-12-19(13-11-17)21(2,3)4)23-14-16-6-8-18(9-7-16)20(24)22-5/h6-13,15,23H,14H2,1-5H3,(H,22,24). The second-order valence-electron chi connectivity index (χ2n) is 7.25. The molecule has 0 spiro atoms. The van der Waals surface area contributed by atoms with E-state index in [0.29, 0.717) is 5.56 Å². The van der Waals surface area contributed by atoms with E-state index in [1.54, 1.807) is 7.05 Å². The van der Waals surface area contributed by atoms with E-state index in [9.17, 15) is 4.79 Å². The summed E-state index contributed by atoms with van der Waals surface area (Å²) >= 11 is 0. The Balaban J connectivity index is 1.95. The van der Waals surface area contributed by atoms with Crippen molar-refractivity contribution < 1.29 is 4.79 Å². The van der Waals surface area contributed by atoms with Gasteiger partial charge in [-0.2, -0.15) is 0 Å². The molecule has 0 fully saturated rings. The lowest BCUT2D eigenvalue weighted by Gasteiger charge is -2.21. The lowest BCUT2D eigenvalue weighted by molar-refractivity contribution is 0.0963. The van der Waals surface area contributed by atoms with E-state index in [2.05, 4.69) is 62.6 Å². The van der Waals surface area contributed by atoms with E-state index < -0.39 is 0 Å². The predicted molar refractivity (Wildman–Crippen MR) is 100 cm³/mol. The highest BCUT2D eigenvalue weighted by Gasteiger charge is 2.14. The molecule has 2 N–H and O–H groups in total. The SMILES string of the molecule is CNC(=O)c1ccc(CNC(C)c2ccc(C(C)(C)C)cc2)cc1. The molecule has 24 heavy (non-hydrogen) atoms. The molecule has 128 valence electrons. The van der Waals surface area contributed by atoms with Crippen LogP contribution in [0.15, 0.2) is 48.5 Å². The van der Waals surface area contributed by atoms with Crippen LogP contribution in [0.3, 0.4) is 0 Å². The van der Waals surface area contributed by atoms with Gasteiger partial charge in [0.25, 0.3) is 5.91 Å². The molecular weight excluding hydrogens is 296 g/mol. The normalized spacial score (nSPS) is 12.7. The molecule has 2 rings (SSSR count). The van der Waals surface area contributed by atoms with Crippen LogP contribution in [0.2, 0.25) is 0 Å². The zero-order valence-corrected chi connectivity index (χ0v) is 15.3. The molecule has 0 radical (unpaired) electrons. The van der Waals surface area contributed by atoms with Crippen molar-refractivity contribution in [2.45, 2.75) is 45.7 Å². The van der Waals surface area contributed by atoms with Gasteiger partial charge in [-0.25, -0.2) is 0 Å². The Morgan fingerprint density at radius 3 is 2.08 bits per heavy atom. The van der Waals surface area contributed by atoms with Crippen LogP contribution in [0, 0.1) is 0 Å². The molecular formula is C21H28N2O. The van der Waals surface area contributed by atoms with Crippen molar-refractivity contribution in [3.63, 3.8) is 0 Å². The highest BCUT2D eigenvalue weighted by atomic mass is 16.1. The molecule has 0 aromatic heterocycles. The van der Waals surface area contributed by atoms with Gasteiger partial charge in [0.2, 0.25) is 0 Å². The average Bonchev–Trinajstić information content (AvgIpc) is 2.58. The van der Waals surface area contributed by atoms with Gasteiger partial charge < -0.3 is 10.6 Å². The Kier molecular flexibility index (Phi) is 5.79. The first kappa shape index (κ1) is 18.2. The van der Waals surface area contributed by atoms with Crippen molar-refractivity contribution in [1.29, 1.82) is 0 Å². The molecule has 0 saturated heterocycles. The maximum absolute atomic E-state index is 11.5. The van der Waals surface area contributed by atoms with Gasteiger partial charge >= 0.3 is 0 Å². The van der Waals surface area contributed by atoms with Crippen LogP contribution in [0.1, 0.15) is 60.8 Å². The van der Waals surface area contributed by atoms with E-state index in [4.69, 9.17) is 0 Å². The molecule has 0 saturated carbocycles. The Hall–Kier alpha value is -2.13. The molecule has 0 bridgehead atoms. The highest BCUT2D eigenvalue weighted by Crippen LogP contribution is 2.24. The molecule has 2 aromatic carbocycles. The Labute approximate surface area is 145 Å². The van der Waals surface area contributed by atoms with Gasteiger partial charge in [-0.3, -0.25) is 4.79 Å². The number of hydrogen-bond acceptors (Lipinski definition) is 2. The van der Waals surface area contributed by atoms with Crippen LogP contribution >= 0.6 is 0 Å². The number of hydrogen-bond donors (Lipinski definition) is 2. The van der Waals surface area contributed by atoms with Crippen molar-refractivity contribution >= 4 is 5.91 Å². The fraction of sp³-hybridized carbons (Fsp3) is 0.381. The number of rotatable bonds is 5. The minimum absolute atomic E-state index is 0.0539. The van der Waals surface area contributed by atoms with Gasteiger partial charge in [-0.15, -0.1) is 0 Å².